The normalized spacial score (nSPS) is 11.2. The van der Waals surface area contributed by atoms with E-state index < -0.39 is 11.9 Å². The van der Waals surface area contributed by atoms with Gasteiger partial charge >= 0.3 is 5.97 Å². The Hall–Kier alpha value is -3.85. The number of aromatic nitrogens is 1. The number of nitrogens with one attached hydrogen (secondary N) is 1. The number of aliphatic carboxylic acids is 1. The zero-order valence-electron chi connectivity index (χ0n) is 16.1. The van der Waals surface area contributed by atoms with Gasteiger partial charge in [-0.15, -0.1) is 0 Å². The van der Waals surface area contributed by atoms with Crippen LogP contribution in [0.2, 0.25) is 0 Å². The number of nitrogens with zero attached hydrogens (tertiary/aromatic N) is 2. The number of hydrogen-bond acceptors (Lipinski definition) is 3. The van der Waals surface area contributed by atoms with E-state index in [9.17, 15) is 14.9 Å². The summed E-state index contributed by atoms with van der Waals surface area (Å²) in [5.74, 6) is -1.46. The highest BCUT2D eigenvalue weighted by Gasteiger charge is 2.14. The number of carbonyl (C=O) groups excluding carboxylic acids is 1. The molecule has 6 heteroatoms. The first-order valence-electron chi connectivity index (χ1n) is 9.34. The van der Waals surface area contributed by atoms with Crippen LogP contribution >= 0.6 is 0 Å². The largest absolute Gasteiger partial charge is 0.480 e. The molecule has 1 amide bonds. The van der Waals surface area contributed by atoms with Crippen molar-refractivity contribution in [2.24, 2.45) is 0 Å². The average Bonchev–Trinajstić information content (AvgIpc) is 3.04. The Kier molecular flexibility index (Phi) is 6.10. The highest BCUT2D eigenvalue weighted by atomic mass is 16.4. The van der Waals surface area contributed by atoms with E-state index in [2.05, 4.69) is 12.2 Å². The highest BCUT2D eigenvalue weighted by molar-refractivity contribution is 6.11. The molecule has 6 nitrogen and oxygen atoms in total. The van der Waals surface area contributed by atoms with Crippen molar-refractivity contribution in [2.45, 2.75) is 26.3 Å². The first-order chi connectivity index (χ1) is 14.0. The maximum atomic E-state index is 12.7. The number of carbonyl (C=O) groups is 2. The lowest BCUT2D eigenvalue weighted by Gasteiger charge is -2.09. The summed E-state index contributed by atoms with van der Waals surface area (Å²) in [6.07, 6.45) is 4.91. The summed E-state index contributed by atoms with van der Waals surface area (Å²) < 4.78 is 1.59. The number of hydrogen-bond donors (Lipinski definition) is 2. The van der Waals surface area contributed by atoms with Crippen molar-refractivity contribution in [3.8, 4) is 6.07 Å². The second kappa shape index (κ2) is 8.89. The van der Waals surface area contributed by atoms with Crippen LogP contribution in [-0.4, -0.2) is 21.6 Å². The highest BCUT2D eigenvalue weighted by Crippen LogP contribution is 2.24. The van der Waals surface area contributed by atoms with Gasteiger partial charge in [-0.1, -0.05) is 49.7 Å². The molecule has 1 aromatic heterocycles. The molecule has 0 aliphatic rings. The van der Waals surface area contributed by atoms with Gasteiger partial charge < -0.3 is 15.0 Å². The quantitative estimate of drug-likeness (QED) is 0.469. The van der Waals surface area contributed by atoms with E-state index in [0.29, 0.717) is 11.3 Å². The molecule has 3 rings (SSSR count). The van der Waals surface area contributed by atoms with Crippen molar-refractivity contribution < 1.29 is 14.7 Å². The molecular weight excluding hydrogens is 366 g/mol. The molecule has 0 atom stereocenters. The fourth-order valence-corrected chi connectivity index (χ4v) is 3.29. The van der Waals surface area contributed by atoms with Gasteiger partial charge in [-0.05, 0) is 30.2 Å². The molecular formula is C23H21N3O3. The summed E-state index contributed by atoms with van der Waals surface area (Å²) in [6, 6.07) is 16.8. The number of para-hydroxylation sites is 2. The van der Waals surface area contributed by atoms with Gasteiger partial charge in [-0.25, -0.2) is 0 Å². The number of amides is 1. The monoisotopic (exact) mass is 387 g/mol. The van der Waals surface area contributed by atoms with Gasteiger partial charge in [0.1, 0.15) is 18.2 Å². The van der Waals surface area contributed by atoms with E-state index in [-0.39, 0.29) is 12.1 Å². The number of aryl methyl sites for hydroxylation is 1. The number of fused-ring (bicyclic) bond motifs is 1. The Morgan fingerprint density at radius 1 is 1.17 bits per heavy atom. The maximum Gasteiger partial charge on any atom is 0.323 e. The summed E-state index contributed by atoms with van der Waals surface area (Å²) in [4.78, 5) is 23.9. The molecule has 3 aromatic rings. The van der Waals surface area contributed by atoms with Crippen LogP contribution < -0.4 is 5.32 Å². The number of rotatable bonds is 7. The molecule has 2 aromatic carbocycles. The Morgan fingerprint density at radius 2 is 1.90 bits per heavy atom. The zero-order chi connectivity index (χ0) is 20.8. The lowest BCUT2D eigenvalue weighted by Crippen LogP contribution is -2.14. The number of benzene rings is 2. The standard InChI is InChI=1S/C23H21N3O3/c1-2-7-16-8-3-5-10-20(16)25-23(29)17(13-24)12-18-14-26(15-22(27)28)21-11-6-4-9-19(18)21/h3-6,8-12,14H,2,7,15H2,1H3,(H,25,29)(H,27,28). The Balaban J connectivity index is 1.95. The number of carboxylic acids is 1. The molecule has 0 saturated heterocycles. The van der Waals surface area contributed by atoms with Gasteiger partial charge in [0, 0.05) is 28.4 Å². The summed E-state index contributed by atoms with van der Waals surface area (Å²) in [5, 5.41) is 22.3. The fourth-order valence-electron chi connectivity index (χ4n) is 3.29. The summed E-state index contributed by atoms with van der Waals surface area (Å²) in [5.41, 5.74) is 3.00. The molecule has 146 valence electrons. The van der Waals surface area contributed by atoms with E-state index in [1.165, 1.54) is 6.08 Å². The van der Waals surface area contributed by atoms with E-state index in [4.69, 9.17) is 5.11 Å². The van der Waals surface area contributed by atoms with Gasteiger partial charge in [0.25, 0.3) is 5.91 Å². The van der Waals surface area contributed by atoms with Gasteiger partial charge in [-0.2, -0.15) is 5.26 Å². The minimum atomic E-state index is -0.966. The minimum absolute atomic E-state index is 0.0467. The van der Waals surface area contributed by atoms with Crippen molar-refractivity contribution in [1.29, 1.82) is 5.26 Å². The van der Waals surface area contributed by atoms with E-state index >= 15 is 0 Å². The number of anilines is 1. The van der Waals surface area contributed by atoms with Crippen molar-refractivity contribution in [3.63, 3.8) is 0 Å². The van der Waals surface area contributed by atoms with Crippen molar-refractivity contribution in [1.82, 2.24) is 4.57 Å². The predicted octanol–water partition coefficient (Wildman–Crippen LogP) is 4.22. The lowest BCUT2D eigenvalue weighted by atomic mass is 10.1. The van der Waals surface area contributed by atoms with Crippen LogP contribution in [0, 0.1) is 11.3 Å². The zero-order valence-corrected chi connectivity index (χ0v) is 16.1. The van der Waals surface area contributed by atoms with Crippen molar-refractivity contribution in [2.75, 3.05) is 5.32 Å². The molecule has 1 heterocycles. The number of nitriles is 1. The molecule has 0 spiro atoms. The van der Waals surface area contributed by atoms with Gasteiger partial charge in [0.15, 0.2) is 0 Å². The third-order valence-corrected chi connectivity index (χ3v) is 4.57. The summed E-state index contributed by atoms with van der Waals surface area (Å²) >= 11 is 0. The second-order valence-electron chi connectivity index (χ2n) is 6.65. The van der Waals surface area contributed by atoms with Gasteiger partial charge in [0.2, 0.25) is 0 Å². The fraction of sp³-hybridized carbons (Fsp3) is 0.174. The summed E-state index contributed by atoms with van der Waals surface area (Å²) in [6.45, 7) is 1.86. The molecule has 0 bridgehead atoms. The molecule has 0 radical (unpaired) electrons. The smallest absolute Gasteiger partial charge is 0.323 e. The molecule has 0 unspecified atom stereocenters. The average molecular weight is 387 g/mol. The Labute approximate surface area is 168 Å². The SMILES string of the molecule is CCCc1ccccc1NC(=O)C(C#N)=Cc1cn(CC(=O)O)c2ccccc12. The summed E-state index contributed by atoms with van der Waals surface area (Å²) in [7, 11) is 0. The van der Waals surface area contributed by atoms with Crippen LogP contribution in [0.15, 0.2) is 60.3 Å². The van der Waals surface area contributed by atoms with Crippen LogP contribution in [0.5, 0.6) is 0 Å². The number of carboxylic acid groups (broad SMARTS) is 1. The minimum Gasteiger partial charge on any atom is -0.480 e. The third-order valence-electron chi connectivity index (χ3n) is 4.57. The predicted molar refractivity (Wildman–Crippen MR) is 112 cm³/mol. The Morgan fingerprint density at radius 3 is 2.62 bits per heavy atom. The molecule has 29 heavy (non-hydrogen) atoms. The van der Waals surface area contributed by atoms with Gasteiger partial charge in [0.05, 0.1) is 0 Å². The van der Waals surface area contributed by atoms with E-state index in [1.807, 2.05) is 54.6 Å². The van der Waals surface area contributed by atoms with Crippen LogP contribution in [0.1, 0.15) is 24.5 Å². The van der Waals surface area contributed by atoms with Crippen LogP contribution in [-0.2, 0) is 22.6 Å². The van der Waals surface area contributed by atoms with Gasteiger partial charge in [-0.3, -0.25) is 9.59 Å². The first kappa shape index (κ1) is 19.9. The van der Waals surface area contributed by atoms with Crippen LogP contribution in [0.25, 0.3) is 17.0 Å². The molecule has 0 aliphatic heterocycles. The second-order valence-corrected chi connectivity index (χ2v) is 6.65. The third kappa shape index (κ3) is 4.53. The molecule has 0 saturated carbocycles. The molecule has 2 N–H and O–H groups in total. The molecule has 0 fully saturated rings. The van der Waals surface area contributed by atoms with E-state index in [1.54, 1.807) is 10.8 Å². The lowest BCUT2D eigenvalue weighted by molar-refractivity contribution is -0.137. The first-order valence-corrected chi connectivity index (χ1v) is 9.34. The maximum absolute atomic E-state index is 12.7. The topological polar surface area (TPSA) is 95.1 Å². The van der Waals surface area contributed by atoms with Crippen LogP contribution in [0.3, 0.4) is 0 Å². The molecule has 0 aliphatic carbocycles. The Bertz CT molecular complexity index is 1140. The van der Waals surface area contributed by atoms with Crippen molar-refractivity contribution >= 4 is 34.5 Å². The van der Waals surface area contributed by atoms with Crippen LogP contribution in [0.4, 0.5) is 5.69 Å². The van der Waals surface area contributed by atoms with E-state index in [0.717, 1.165) is 29.3 Å². The van der Waals surface area contributed by atoms with Crippen molar-refractivity contribution in [3.05, 3.63) is 71.4 Å².